The second-order valence-corrected chi connectivity index (χ2v) is 4.52. The molecule has 0 aliphatic rings. The van der Waals surface area contributed by atoms with Crippen molar-refractivity contribution in [1.82, 2.24) is 0 Å². The van der Waals surface area contributed by atoms with Gasteiger partial charge in [0.2, 0.25) is 0 Å². The second-order valence-electron chi connectivity index (χ2n) is 4.52. The molecule has 0 heterocycles. The minimum atomic E-state index is -0.764. The minimum absolute atomic E-state index is 0.0447. The van der Waals surface area contributed by atoms with Gasteiger partial charge in [-0.15, -0.1) is 0 Å². The molecule has 0 atom stereocenters. The molecule has 0 saturated heterocycles. The zero-order valence-electron chi connectivity index (χ0n) is 11.3. The van der Waals surface area contributed by atoms with Crippen LogP contribution in [0.25, 0.3) is 0 Å². The van der Waals surface area contributed by atoms with Gasteiger partial charge in [0.1, 0.15) is 17.4 Å². The lowest BCUT2D eigenvalue weighted by atomic mass is 10.2. The largest absolute Gasteiger partial charge is 0.484 e. The zero-order chi connectivity index (χ0) is 15.4. The van der Waals surface area contributed by atoms with E-state index in [1.807, 2.05) is 0 Å². The highest BCUT2D eigenvalue weighted by molar-refractivity contribution is 5.92. The fraction of sp³-hybridized carbons (Fsp3) is 0.133. The van der Waals surface area contributed by atoms with Crippen molar-refractivity contribution < 1.29 is 18.3 Å². The van der Waals surface area contributed by atoms with Gasteiger partial charge in [0.15, 0.2) is 6.61 Å². The lowest BCUT2D eigenvalue weighted by molar-refractivity contribution is -0.118. The number of halogens is 2. The summed E-state index contributed by atoms with van der Waals surface area (Å²) in [5.41, 5.74) is 7.61. The van der Waals surface area contributed by atoms with Gasteiger partial charge < -0.3 is 15.8 Å². The fourth-order valence-electron chi connectivity index (χ4n) is 1.77. The molecule has 0 aromatic heterocycles. The lowest BCUT2D eigenvalue weighted by Crippen LogP contribution is -2.20. The molecular weight excluding hydrogens is 278 g/mol. The maximum Gasteiger partial charge on any atom is 0.262 e. The van der Waals surface area contributed by atoms with E-state index in [2.05, 4.69) is 5.32 Å². The van der Waals surface area contributed by atoms with Crippen LogP contribution in [0.15, 0.2) is 36.4 Å². The van der Waals surface area contributed by atoms with E-state index < -0.39 is 17.5 Å². The highest BCUT2D eigenvalue weighted by atomic mass is 19.1. The first-order chi connectivity index (χ1) is 9.94. The van der Waals surface area contributed by atoms with Crippen molar-refractivity contribution in [3.63, 3.8) is 0 Å². The summed E-state index contributed by atoms with van der Waals surface area (Å²) in [5, 5.41) is 2.63. The third kappa shape index (κ3) is 4.17. The highest BCUT2D eigenvalue weighted by Crippen LogP contribution is 2.18. The average molecular weight is 292 g/mol. The summed E-state index contributed by atoms with van der Waals surface area (Å²) in [6.45, 7) is 1.45. The monoisotopic (exact) mass is 292 g/mol. The van der Waals surface area contributed by atoms with E-state index in [4.69, 9.17) is 10.5 Å². The summed E-state index contributed by atoms with van der Waals surface area (Å²) in [6, 6.07) is 7.79. The molecule has 0 radical (unpaired) electrons. The van der Waals surface area contributed by atoms with Crippen LogP contribution in [0.2, 0.25) is 0 Å². The molecule has 1 amide bonds. The number of nitrogens with one attached hydrogen (secondary N) is 1. The van der Waals surface area contributed by atoms with Crippen LogP contribution in [0.4, 0.5) is 20.2 Å². The molecule has 2 rings (SSSR count). The van der Waals surface area contributed by atoms with Gasteiger partial charge in [0.05, 0.1) is 0 Å². The Bertz CT molecular complexity index is 654. The quantitative estimate of drug-likeness (QED) is 0.852. The molecule has 0 spiro atoms. The van der Waals surface area contributed by atoms with Crippen molar-refractivity contribution in [3.8, 4) is 5.75 Å². The van der Waals surface area contributed by atoms with E-state index in [0.29, 0.717) is 11.4 Å². The molecular formula is C15H14F2N2O2. The number of hydrogen-bond donors (Lipinski definition) is 2. The van der Waals surface area contributed by atoms with E-state index in [-0.39, 0.29) is 12.4 Å². The molecule has 0 bridgehead atoms. The maximum absolute atomic E-state index is 13.0. The molecule has 4 nitrogen and oxygen atoms in total. The smallest absolute Gasteiger partial charge is 0.262 e. The zero-order valence-corrected chi connectivity index (χ0v) is 11.3. The van der Waals surface area contributed by atoms with E-state index in [1.54, 1.807) is 25.1 Å². The first-order valence-corrected chi connectivity index (χ1v) is 6.19. The summed E-state index contributed by atoms with van der Waals surface area (Å²) in [7, 11) is 0. The third-order valence-electron chi connectivity index (χ3n) is 2.73. The third-order valence-corrected chi connectivity index (χ3v) is 2.73. The summed E-state index contributed by atoms with van der Waals surface area (Å²) in [4.78, 5) is 11.7. The number of carbonyl (C=O) groups is 1. The molecule has 21 heavy (non-hydrogen) atoms. The average Bonchev–Trinajstić information content (AvgIpc) is 2.39. The van der Waals surface area contributed by atoms with Crippen LogP contribution in [0.5, 0.6) is 5.75 Å². The Labute approximate surface area is 120 Å². The van der Waals surface area contributed by atoms with Gasteiger partial charge in [-0.3, -0.25) is 4.79 Å². The Kier molecular flexibility index (Phi) is 4.37. The number of nitrogen functional groups attached to an aromatic ring is 1. The van der Waals surface area contributed by atoms with Gasteiger partial charge in [-0.05, 0) is 30.7 Å². The fourth-order valence-corrected chi connectivity index (χ4v) is 1.77. The van der Waals surface area contributed by atoms with Gasteiger partial charge in [-0.2, -0.15) is 0 Å². The maximum atomic E-state index is 13.0. The standard InChI is InChI=1S/C15H14F2N2O2/c1-9-4-12(18)2-3-14(9)19-15(20)8-21-13-6-10(16)5-11(17)7-13/h2-7H,8,18H2,1H3,(H,19,20). The topological polar surface area (TPSA) is 64.3 Å². The van der Waals surface area contributed by atoms with E-state index in [1.165, 1.54) is 0 Å². The van der Waals surface area contributed by atoms with Crippen molar-refractivity contribution in [1.29, 1.82) is 0 Å². The number of carbonyl (C=O) groups excluding carboxylic acids is 1. The molecule has 110 valence electrons. The SMILES string of the molecule is Cc1cc(N)ccc1NC(=O)COc1cc(F)cc(F)c1. The van der Waals surface area contributed by atoms with Crippen molar-refractivity contribution >= 4 is 17.3 Å². The van der Waals surface area contributed by atoms with Gasteiger partial charge in [-0.25, -0.2) is 8.78 Å². The number of benzene rings is 2. The van der Waals surface area contributed by atoms with E-state index in [0.717, 1.165) is 23.8 Å². The number of ether oxygens (including phenoxy) is 1. The minimum Gasteiger partial charge on any atom is -0.484 e. The molecule has 0 aliphatic carbocycles. The summed E-state index contributed by atoms with van der Waals surface area (Å²) >= 11 is 0. The number of rotatable bonds is 4. The van der Waals surface area contributed by atoms with E-state index >= 15 is 0 Å². The van der Waals surface area contributed by atoms with Crippen molar-refractivity contribution in [2.45, 2.75) is 6.92 Å². The van der Waals surface area contributed by atoms with Crippen LogP contribution in [-0.4, -0.2) is 12.5 Å². The molecule has 0 aliphatic heterocycles. The molecule has 0 unspecified atom stereocenters. The number of anilines is 2. The van der Waals surface area contributed by atoms with Crippen LogP contribution in [-0.2, 0) is 4.79 Å². The normalized spacial score (nSPS) is 10.2. The Balaban J connectivity index is 1.95. The second kappa shape index (κ2) is 6.21. The van der Waals surface area contributed by atoms with Crippen LogP contribution in [0, 0.1) is 18.6 Å². The molecule has 0 saturated carbocycles. The van der Waals surface area contributed by atoms with Crippen LogP contribution in [0.3, 0.4) is 0 Å². The highest BCUT2D eigenvalue weighted by Gasteiger charge is 2.07. The Morgan fingerprint density at radius 3 is 2.48 bits per heavy atom. The number of amides is 1. The summed E-state index contributed by atoms with van der Waals surface area (Å²) < 4.78 is 31.0. The Morgan fingerprint density at radius 1 is 1.19 bits per heavy atom. The van der Waals surface area contributed by atoms with Gasteiger partial charge in [-0.1, -0.05) is 0 Å². The van der Waals surface area contributed by atoms with Crippen molar-refractivity contribution in [2.75, 3.05) is 17.7 Å². The number of aryl methyl sites for hydroxylation is 1. The molecule has 2 aromatic carbocycles. The predicted octanol–water partition coefficient (Wildman–Crippen LogP) is 2.87. The van der Waals surface area contributed by atoms with Gasteiger partial charge in [0, 0.05) is 29.6 Å². The molecule has 3 N–H and O–H groups in total. The first kappa shape index (κ1) is 14.8. The number of hydrogen-bond acceptors (Lipinski definition) is 3. The van der Waals surface area contributed by atoms with Crippen LogP contribution in [0.1, 0.15) is 5.56 Å². The summed E-state index contributed by atoms with van der Waals surface area (Å²) in [5.74, 6) is -2.01. The Hall–Kier alpha value is -2.63. The lowest BCUT2D eigenvalue weighted by Gasteiger charge is -2.10. The molecule has 6 heteroatoms. The predicted molar refractivity (Wildman–Crippen MR) is 76.1 cm³/mol. The molecule has 0 fully saturated rings. The number of nitrogens with two attached hydrogens (primary N) is 1. The first-order valence-electron chi connectivity index (χ1n) is 6.19. The van der Waals surface area contributed by atoms with Gasteiger partial charge >= 0.3 is 0 Å². The van der Waals surface area contributed by atoms with Gasteiger partial charge in [0.25, 0.3) is 5.91 Å². The van der Waals surface area contributed by atoms with Crippen molar-refractivity contribution in [2.24, 2.45) is 0 Å². The van der Waals surface area contributed by atoms with Crippen LogP contribution >= 0.6 is 0 Å². The van der Waals surface area contributed by atoms with Crippen molar-refractivity contribution in [3.05, 3.63) is 53.6 Å². The van der Waals surface area contributed by atoms with Crippen LogP contribution < -0.4 is 15.8 Å². The Morgan fingerprint density at radius 2 is 1.86 bits per heavy atom. The molecule has 2 aromatic rings. The summed E-state index contributed by atoms with van der Waals surface area (Å²) in [6.07, 6.45) is 0. The van der Waals surface area contributed by atoms with E-state index in [9.17, 15) is 13.6 Å².